The molecule has 0 spiro atoms. The van der Waals surface area contributed by atoms with Crippen molar-refractivity contribution < 1.29 is 0 Å². The lowest BCUT2D eigenvalue weighted by Gasteiger charge is -2.12. The molecule has 0 heterocycles. The summed E-state index contributed by atoms with van der Waals surface area (Å²) in [6.07, 6.45) is 9.82. The molecule has 0 aromatic rings. The zero-order chi connectivity index (χ0) is 11.7. The maximum Gasteiger partial charge on any atom is 0.0795 e. The van der Waals surface area contributed by atoms with Gasteiger partial charge in [-0.15, -0.1) is 0 Å². The predicted octanol–water partition coefficient (Wildman–Crippen LogP) is 2.06. The molecule has 0 aliphatic heterocycles. The third-order valence-corrected chi connectivity index (χ3v) is 2.37. The molecule has 0 amide bonds. The van der Waals surface area contributed by atoms with Crippen molar-refractivity contribution in [2.45, 2.75) is 0 Å². The monoisotopic (exact) mass is 210 g/mol. The van der Waals surface area contributed by atoms with Gasteiger partial charge >= 0.3 is 0 Å². The van der Waals surface area contributed by atoms with Crippen molar-refractivity contribution in [3.63, 3.8) is 0 Å². The van der Waals surface area contributed by atoms with Crippen molar-refractivity contribution >= 4 is 22.8 Å². The average Bonchev–Trinajstić information content (AvgIpc) is 2.26. The molecule has 0 saturated heterocycles. The van der Waals surface area contributed by atoms with Gasteiger partial charge in [0, 0.05) is 0 Å². The third-order valence-electron chi connectivity index (χ3n) is 2.37. The Balaban J connectivity index is 2.36. The Bertz CT molecular complexity index is 491. The Morgan fingerprint density at radius 1 is 0.500 bits per heavy atom. The molecule has 0 atom stereocenters. The molecule has 16 heavy (non-hydrogen) atoms. The van der Waals surface area contributed by atoms with E-state index in [9.17, 15) is 0 Å². The topological polar surface area (TPSA) is 95.4 Å². The van der Waals surface area contributed by atoms with E-state index in [0.717, 1.165) is 11.1 Å². The molecule has 4 heteroatoms. The molecule has 2 aliphatic rings. The maximum atomic E-state index is 7.53. The summed E-state index contributed by atoms with van der Waals surface area (Å²) in [5.74, 6) is 0. The molecule has 4 nitrogen and oxygen atoms in total. The van der Waals surface area contributed by atoms with E-state index in [1.165, 1.54) is 0 Å². The van der Waals surface area contributed by atoms with E-state index in [4.69, 9.17) is 21.6 Å². The maximum absolute atomic E-state index is 7.53. The first-order valence-corrected chi connectivity index (χ1v) is 4.73. The Kier molecular flexibility index (Phi) is 2.32. The molecule has 0 aromatic heterocycles. The van der Waals surface area contributed by atoms with E-state index in [-0.39, 0.29) is 22.8 Å². The normalized spacial score (nSPS) is 20.0. The smallest absolute Gasteiger partial charge is 0.0795 e. The lowest BCUT2D eigenvalue weighted by atomic mass is 9.93. The number of hydrogen-bond donors (Lipinski definition) is 4. The SMILES string of the molecule is N=C1C=CC(C2=CC(=N)C(=N)C=C2)=CC1=N. The molecule has 0 fully saturated rings. The molecule has 0 saturated carbocycles. The second-order valence-electron chi connectivity index (χ2n) is 3.52. The van der Waals surface area contributed by atoms with Gasteiger partial charge < -0.3 is 0 Å². The van der Waals surface area contributed by atoms with Gasteiger partial charge in [-0.1, -0.05) is 12.2 Å². The van der Waals surface area contributed by atoms with Crippen molar-refractivity contribution in [1.82, 2.24) is 0 Å². The lowest BCUT2D eigenvalue weighted by Crippen LogP contribution is -2.14. The molecular formula is C12H10N4. The molecule has 0 aromatic carbocycles. The Hall–Kier alpha value is -2.36. The third kappa shape index (κ3) is 1.72. The van der Waals surface area contributed by atoms with Gasteiger partial charge in [0.2, 0.25) is 0 Å². The Morgan fingerprint density at radius 2 is 0.875 bits per heavy atom. The highest BCUT2D eigenvalue weighted by atomic mass is 14.5. The lowest BCUT2D eigenvalue weighted by molar-refractivity contribution is 1.44. The molecule has 0 radical (unpaired) electrons. The van der Waals surface area contributed by atoms with Gasteiger partial charge in [-0.25, -0.2) is 0 Å². The summed E-state index contributed by atoms with van der Waals surface area (Å²) in [4.78, 5) is 0. The summed E-state index contributed by atoms with van der Waals surface area (Å²) in [5, 5.41) is 29.9. The van der Waals surface area contributed by atoms with E-state index in [1.807, 2.05) is 0 Å². The summed E-state index contributed by atoms with van der Waals surface area (Å²) < 4.78 is 0. The van der Waals surface area contributed by atoms with Gasteiger partial charge in [0.05, 0.1) is 22.8 Å². The minimum Gasteiger partial charge on any atom is -0.299 e. The molecule has 0 bridgehead atoms. The Labute approximate surface area is 92.7 Å². The summed E-state index contributed by atoms with van der Waals surface area (Å²) in [7, 11) is 0. The van der Waals surface area contributed by atoms with Crippen LogP contribution in [0.2, 0.25) is 0 Å². The summed E-state index contributed by atoms with van der Waals surface area (Å²) >= 11 is 0. The van der Waals surface area contributed by atoms with Crippen LogP contribution in [0.5, 0.6) is 0 Å². The fraction of sp³-hybridized carbons (Fsp3) is 0. The first-order valence-electron chi connectivity index (χ1n) is 4.73. The van der Waals surface area contributed by atoms with E-state index < -0.39 is 0 Å². The second-order valence-corrected chi connectivity index (χ2v) is 3.52. The highest BCUT2D eigenvalue weighted by Crippen LogP contribution is 2.19. The molecule has 0 unspecified atom stereocenters. The molecular weight excluding hydrogens is 200 g/mol. The second kappa shape index (κ2) is 3.66. The van der Waals surface area contributed by atoms with Crippen molar-refractivity contribution in [2.75, 3.05) is 0 Å². The van der Waals surface area contributed by atoms with Gasteiger partial charge in [0.15, 0.2) is 0 Å². The zero-order valence-electron chi connectivity index (χ0n) is 8.46. The van der Waals surface area contributed by atoms with E-state index >= 15 is 0 Å². The Morgan fingerprint density at radius 3 is 1.19 bits per heavy atom. The summed E-state index contributed by atoms with van der Waals surface area (Å²) in [6, 6.07) is 0. The standard InChI is InChI=1S/C12H10N4/c13-9-3-1-7(5-11(9)15)8-2-4-10(14)12(16)6-8/h1-6,13-16H. The van der Waals surface area contributed by atoms with Crippen LogP contribution in [0.15, 0.2) is 47.6 Å². The van der Waals surface area contributed by atoms with Crippen LogP contribution in [0.25, 0.3) is 0 Å². The first-order chi connectivity index (χ1) is 7.58. The van der Waals surface area contributed by atoms with Crippen LogP contribution in [-0.4, -0.2) is 22.8 Å². The number of allylic oxidation sites excluding steroid dienone is 8. The predicted molar refractivity (Wildman–Crippen MR) is 65.4 cm³/mol. The summed E-state index contributed by atoms with van der Waals surface area (Å²) in [6.45, 7) is 0. The highest BCUT2D eigenvalue weighted by molar-refractivity contribution is 6.50. The van der Waals surface area contributed by atoms with Gasteiger partial charge in [-0.3, -0.25) is 21.6 Å². The fourth-order valence-electron chi connectivity index (χ4n) is 1.45. The molecule has 78 valence electrons. The van der Waals surface area contributed by atoms with Crippen molar-refractivity contribution in [3.8, 4) is 0 Å². The molecule has 2 aliphatic carbocycles. The van der Waals surface area contributed by atoms with E-state index in [0.29, 0.717) is 0 Å². The van der Waals surface area contributed by atoms with Gasteiger partial charge in [0.1, 0.15) is 0 Å². The number of hydrogen-bond acceptors (Lipinski definition) is 4. The minimum atomic E-state index is 0.166. The van der Waals surface area contributed by atoms with Crippen LogP contribution < -0.4 is 0 Å². The van der Waals surface area contributed by atoms with Gasteiger partial charge in [-0.2, -0.15) is 0 Å². The zero-order valence-corrected chi connectivity index (χ0v) is 8.46. The van der Waals surface area contributed by atoms with Crippen LogP contribution in [0, 0.1) is 21.6 Å². The van der Waals surface area contributed by atoms with Crippen molar-refractivity contribution in [1.29, 1.82) is 21.6 Å². The quantitative estimate of drug-likeness (QED) is 0.477. The van der Waals surface area contributed by atoms with Crippen molar-refractivity contribution in [3.05, 3.63) is 47.6 Å². The average molecular weight is 210 g/mol. The van der Waals surface area contributed by atoms with Crippen LogP contribution >= 0.6 is 0 Å². The van der Waals surface area contributed by atoms with Gasteiger partial charge in [0.25, 0.3) is 0 Å². The minimum absolute atomic E-state index is 0.166. The van der Waals surface area contributed by atoms with Crippen LogP contribution in [0.1, 0.15) is 0 Å². The van der Waals surface area contributed by atoms with Crippen LogP contribution in [0.3, 0.4) is 0 Å². The van der Waals surface area contributed by atoms with Crippen LogP contribution in [-0.2, 0) is 0 Å². The molecule has 4 N–H and O–H groups in total. The van der Waals surface area contributed by atoms with E-state index in [2.05, 4.69) is 0 Å². The first kappa shape index (κ1) is 10.2. The van der Waals surface area contributed by atoms with Crippen LogP contribution in [0.4, 0.5) is 0 Å². The highest BCUT2D eigenvalue weighted by Gasteiger charge is 2.12. The fourth-order valence-corrected chi connectivity index (χ4v) is 1.45. The van der Waals surface area contributed by atoms with E-state index in [1.54, 1.807) is 36.5 Å². The van der Waals surface area contributed by atoms with Crippen molar-refractivity contribution in [2.24, 2.45) is 0 Å². The number of rotatable bonds is 1. The summed E-state index contributed by atoms with van der Waals surface area (Å²) in [5.41, 5.74) is 2.31. The number of nitrogens with one attached hydrogen (secondary N) is 4. The van der Waals surface area contributed by atoms with Gasteiger partial charge in [-0.05, 0) is 35.5 Å². The molecule has 2 rings (SSSR count). The largest absolute Gasteiger partial charge is 0.299 e.